The van der Waals surface area contributed by atoms with Gasteiger partial charge >= 0.3 is 6.09 Å². The number of alkyl carbamates (subject to hydrolysis) is 1. The van der Waals surface area contributed by atoms with Crippen LogP contribution in [0.1, 0.15) is 65.7 Å². The van der Waals surface area contributed by atoms with Gasteiger partial charge in [-0.2, -0.15) is 5.10 Å². The molecule has 0 saturated heterocycles. The summed E-state index contributed by atoms with van der Waals surface area (Å²) in [6.07, 6.45) is 2.79. The van der Waals surface area contributed by atoms with E-state index in [9.17, 15) is 14.4 Å². The zero-order valence-corrected chi connectivity index (χ0v) is 25.9. The molecule has 0 radical (unpaired) electrons. The van der Waals surface area contributed by atoms with Gasteiger partial charge in [-0.1, -0.05) is 65.4 Å². The quantitative estimate of drug-likeness (QED) is 0.160. The lowest BCUT2D eigenvalue weighted by atomic mass is 10.0. The first-order valence-corrected chi connectivity index (χ1v) is 15.4. The van der Waals surface area contributed by atoms with Gasteiger partial charge in [-0.15, -0.1) is 15.3 Å². The van der Waals surface area contributed by atoms with Crippen molar-refractivity contribution < 1.29 is 19.1 Å². The van der Waals surface area contributed by atoms with Crippen molar-refractivity contribution in [1.29, 1.82) is 0 Å². The minimum atomic E-state index is -0.479. The lowest BCUT2D eigenvalue weighted by molar-refractivity contribution is -0.116. The van der Waals surface area contributed by atoms with Crippen molar-refractivity contribution in [3.63, 3.8) is 0 Å². The molecular formula is C32H37N7O4S. The van der Waals surface area contributed by atoms with Crippen molar-refractivity contribution >= 4 is 40.2 Å². The van der Waals surface area contributed by atoms with E-state index in [0.29, 0.717) is 23.9 Å². The van der Waals surface area contributed by atoms with E-state index in [1.54, 1.807) is 13.0 Å². The molecule has 11 nitrogen and oxygen atoms in total. The van der Waals surface area contributed by atoms with Crippen molar-refractivity contribution in [3.05, 3.63) is 93.6 Å². The van der Waals surface area contributed by atoms with Crippen molar-refractivity contribution in [1.82, 2.24) is 25.7 Å². The van der Waals surface area contributed by atoms with E-state index in [4.69, 9.17) is 4.74 Å². The van der Waals surface area contributed by atoms with Crippen LogP contribution in [0.25, 0.3) is 0 Å². The maximum Gasteiger partial charge on any atom is 0.407 e. The molecule has 2 aromatic carbocycles. The third-order valence-electron chi connectivity index (χ3n) is 6.61. The third kappa shape index (κ3) is 10.5. The molecule has 2 aromatic heterocycles. The second-order valence-corrected chi connectivity index (χ2v) is 11.4. The summed E-state index contributed by atoms with van der Waals surface area (Å²) in [5, 5.41) is 26.3. The minimum absolute atomic E-state index is 0.111. The van der Waals surface area contributed by atoms with Gasteiger partial charge in [-0.25, -0.2) is 4.79 Å². The van der Waals surface area contributed by atoms with Crippen LogP contribution in [-0.2, 0) is 40.0 Å². The van der Waals surface area contributed by atoms with Gasteiger partial charge < -0.3 is 20.7 Å². The maximum absolute atomic E-state index is 12.6. The molecule has 0 fully saturated rings. The fourth-order valence-corrected chi connectivity index (χ4v) is 5.26. The number of amides is 3. The number of anilines is 2. The SMILES string of the molecule is CCNC(=O)OC(C)c1cccc(CC(=O)Nc2ccc(CCCCc3nnc(NC(=O)Cc4cccc(C)c4)s3)nn2)c1. The predicted octanol–water partition coefficient (Wildman–Crippen LogP) is 5.37. The molecular weight excluding hydrogens is 578 g/mol. The zero-order valence-electron chi connectivity index (χ0n) is 25.1. The first kappa shape index (κ1) is 32.2. The highest BCUT2D eigenvalue weighted by Crippen LogP contribution is 2.20. The van der Waals surface area contributed by atoms with Crippen molar-refractivity contribution in [3.8, 4) is 0 Å². The Morgan fingerprint density at radius 1 is 0.841 bits per heavy atom. The fourth-order valence-electron chi connectivity index (χ4n) is 4.46. The van der Waals surface area contributed by atoms with E-state index in [1.165, 1.54) is 11.3 Å². The Morgan fingerprint density at radius 2 is 1.57 bits per heavy atom. The summed E-state index contributed by atoms with van der Waals surface area (Å²) in [5.74, 6) is 0.0540. The predicted molar refractivity (Wildman–Crippen MR) is 169 cm³/mol. The number of carbonyl (C=O) groups is 3. The lowest BCUT2D eigenvalue weighted by Gasteiger charge is -2.14. The lowest BCUT2D eigenvalue weighted by Crippen LogP contribution is -2.24. The monoisotopic (exact) mass is 615 g/mol. The van der Waals surface area contributed by atoms with Crippen molar-refractivity contribution in [2.45, 2.75) is 65.4 Å². The zero-order chi connectivity index (χ0) is 31.3. The number of benzene rings is 2. The van der Waals surface area contributed by atoms with Crippen LogP contribution in [0.3, 0.4) is 0 Å². The smallest absolute Gasteiger partial charge is 0.407 e. The van der Waals surface area contributed by atoms with Crippen LogP contribution in [0.15, 0.2) is 60.7 Å². The summed E-state index contributed by atoms with van der Waals surface area (Å²) < 4.78 is 5.35. The maximum atomic E-state index is 12.6. The van der Waals surface area contributed by atoms with Gasteiger partial charge in [0.15, 0.2) is 5.82 Å². The number of unbranched alkanes of at least 4 members (excludes halogenated alkanes) is 1. The van der Waals surface area contributed by atoms with E-state index in [0.717, 1.165) is 58.6 Å². The van der Waals surface area contributed by atoms with Gasteiger partial charge in [0.25, 0.3) is 0 Å². The average molecular weight is 616 g/mol. The Bertz CT molecular complexity index is 1560. The Morgan fingerprint density at radius 3 is 2.30 bits per heavy atom. The summed E-state index contributed by atoms with van der Waals surface area (Å²) in [7, 11) is 0. The number of nitrogens with zero attached hydrogens (tertiary/aromatic N) is 4. The van der Waals surface area contributed by atoms with E-state index < -0.39 is 12.2 Å². The Labute approximate surface area is 260 Å². The molecule has 4 aromatic rings. The number of aryl methyl sites for hydroxylation is 3. The molecule has 0 saturated carbocycles. The minimum Gasteiger partial charge on any atom is -0.442 e. The third-order valence-corrected chi connectivity index (χ3v) is 7.51. The summed E-state index contributed by atoms with van der Waals surface area (Å²) in [4.78, 5) is 36.7. The Balaban J connectivity index is 1.16. The molecule has 12 heteroatoms. The molecule has 0 aliphatic rings. The number of nitrogens with one attached hydrogen (secondary N) is 3. The van der Waals surface area contributed by atoms with Gasteiger partial charge in [-0.05, 0) is 68.9 Å². The summed E-state index contributed by atoms with van der Waals surface area (Å²) in [6, 6.07) is 18.9. The van der Waals surface area contributed by atoms with Crippen LogP contribution in [0.5, 0.6) is 0 Å². The fraction of sp³-hybridized carbons (Fsp3) is 0.344. The van der Waals surface area contributed by atoms with Crippen molar-refractivity contribution in [2.24, 2.45) is 0 Å². The highest BCUT2D eigenvalue weighted by atomic mass is 32.1. The summed E-state index contributed by atoms with van der Waals surface area (Å²) >= 11 is 1.39. The van der Waals surface area contributed by atoms with Gasteiger partial charge in [-0.3, -0.25) is 9.59 Å². The van der Waals surface area contributed by atoms with E-state index in [-0.39, 0.29) is 18.2 Å². The van der Waals surface area contributed by atoms with Crippen LogP contribution in [0.4, 0.5) is 15.7 Å². The van der Waals surface area contributed by atoms with Crippen LogP contribution >= 0.6 is 11.3 Å². The largest absolute Gasteiger partial charge is 0.442 e. The van der Waals surface area contributed by atoms with E-state index >= 15 is 0 Å². The molecule has 3 N–H and O–H groups in total. The highest BCUT2D eigenvalue weighted by Gasteiger charge is 2.13. The van der Waals surface area contributed by atoms with Gasteiger partial charge in [0.05, 0.1) is 18.5 Å². The number of carbonyl (C=O) groups excluding carboxylic acids is 3. The van der Waals surface area contributed by atoms with Crippen LogP contribution in [-0.4, -0.2) is 44.8 Å². The number of ether oxygens (including phenoxy) is 1. The Hall–Kier alpha value is -4.71. The molecule has 1 atom stereocenters. The van der Waals surface area contributed by atoms with Gasteiger partial charge in [0.2, 0.25) is 16.9 Å². The molecule has 0 spiro atoms. The summed E-state index contributed by atoms with van der Waals surface area (Å²) in [6.45, 7) is 6.09. The van der Waals surface area contributed by atoms with Gasteiger partial charge in [0.1, 0.15) is 11.1 Å². The van der Waals surface area contributed by atoms with E-state index in [1.807, 2.05) is 68.4 Å². The second-order valence-electron chi connectivity index (χ2n) is 10.4. The van der Waals surface area contributed by atoms with Crippen LogP contribution < -0.4 is 16.0 Å². The molecule has 4 rings (SSSR count). The molecule has 0 bridgehead atoms. The standard InChI is InChI=1S/C32H37N7O4S/c1-4-33-32(42)43-22(3)25-12-8-11-24(18-25)20-28(40)34-27-16-15-26(36-37-27)13-5-6-14-30-38-39-31(44-30)35-29(41)19-23-10-7-9-21(2)17-23/h7-12,15-18,22H,4-6,13-14,19-20H2,1-3H3,(H,33,42)(H,34,37,40)(H,35,39,41). The number of hydrogen-bond donors (Lipinski definition) is 3. The topological polar surface area (TPSA) is 148 Å². The number of rotatable bonds is 14. The second kappa shape index (κ2) is 16.2. The molecule has 0 aliphatic carbocycles. The molecule has 2 heterocycles. The number of hydrogen-bond acceptors (Lipinski definition) is 9. The van der Waals surface area contributed by atoms with Gasteiger partial charge in [0, 0.05) is 13.0 Å². The summed E-state index contributed by atoms with van der Waals surface area (Å²) in [5.41, 5.74) is 4.51. The average Bonchev–Trinajstić information content (AvgIpc) is 3.43. The number of aromatic nitrogens is 4. The molecule has 0 aliphatic heterocycles. The Kier molecular flexibility index (Phi) is 11.9. The molecule has 230 valence electrons. The first-order valence-electron chi connectivity index (χ1n) is 14.6. The normalized spacial score (nSPS) is 11.4. The molecule has 1 unspecified atom stereocenters. The van der Waals surface area contributed by atoms with E-state index in [2.05, 4.69) is 36.3 Å². The van der Waals surface area contributed by atoms with Crippen LogP contribution in [0, 0.1) is 6.92 Å². The first-order chi connectivity index (χ1) is 21.3. The van der Waals surface area contributed by atoms with Crippen LogP contribution in [0.2, 0.25) is 0 Å². The highest BCUT2D eigenvalue weighted by molar-refractivity contribution is 7.15. The van der Waals surface area contributed by atoms with Crippen molar-refractivity contribution in [2.75, 3.05) is 17.2 Å². The molecule has 44 heavy (non-hydrogen) atoms. The molecule has 3 amide bonds.